The van der Waals surface area contributed by atoms with Crippen LogP contribution in [0.2, 0.25) is 0 Å². The Morgan fingerprint density at radius 3 is 2.38 bits per heavy atom. The summed E-state index contributed by atoms with van der Waals surface area (Å²) >= 11 is 0. The summed E-state index contributed by atoms with van der Waals surface area (Å²) in [7, 11) is 1.31. The van der Waals surface area contributed by atoms with E-state index < -0.39 is 12.0 Å². The fraction of sp³-hybridized carbons (Fsp3) is 0.417. The summed E-state index contributed by atoms with van der Waals surface area (Å²) in [5.41, 5.74) is 8.15. The molecule has 1 aromatic carbocycles. The molecule has 0 radical (unpaired) electrons. The third kappa shape index (κ3) is 2.73. The van der Waals surface area contributed by atoms with Crippen LogP contribution in [0.5, 0.6) is 5.75 Å². The largest absolute Gasteiger partial charge is 0.507 e. The lowest BCUT2D eigenvalue weighted by Gasteiger charge is -2.11. The number of rotatable bonds is 3. The molecule has 16 heavy (non-hydrogen) atoms. The van der Waals surface area contributed by atoms with E-state index in [0.717, 1.165) is 16.7 Å². The van der Waals surface area contributed by atoms with Crippen molar-refractivity contribution >= 4 is 5.97 Å². The Morgan fingerprint density at radius 1 is 1.44 bits per heavy atom. The number of carbonyl (C=O) groups excluding carboxylic acids is 1. The lowest BCUT2D eigenvalue weighted by molar-refractivity contribution is -0.142. The number of esters is 1. The van der Waals surface area contributed by atoms with Crippen LogP contribution in [0.4, 0.5) is 0 Å². The Balaban J connectivity index is 2.86. The second-order valence-electron chi connectivity index (χ2n) is 3.91. The molecule has 0 aliphatic heterocycles. The quantitative estimate of drug-likeness (QED) is 0.751. The van der Waals surface area contributed by atoms with E-state index in [4.69, 9.17) is 5.73 Å². The summed E-state index contributed by atoms with van der Waals surface area (Å²) in [6, 6.07) is 2.99. The number of benzene rings is 1. The van der Waals surface area contributed by atoms with E-state index in [1.807, 2.05) is 26.0 Å². The SMILES string of the molecule is COC(=O)[C@@H](N)Cc1cc(C)c(O)c(C)c1. The molecule has 0 aliphatic rings. The second kappa shape index (κ2) is 4.99. The summed E-state index contributed by atoms with van der Waals surface area (Å²) in [5.74, 6) is -0.140. The van der Waals surface area contributed by atoms with Gasteiger partial charge >= 0.3 is 5.97 Å². The molecule has 3 N–H and O–H groups in total. The Morgan fingerprint density at radius 2 is 1.94 bits per heavy atom. The van der Waals surface area contributed by atoms with Gasteiger partial charge in [0.05, 0.1) is 7.11 Å². The zero-order valence-corrected chi connectivity index (χ0v) is 9.78. The van der Waals surface area contributed by atoms with Crippen molar-refractivity contribution in [1.29, 1.82) is 0 Å². The molecule has 0 unspecified atom stereocenters. The maximum absolute atomic E-state index is 11.2. The lowest BCUT2D eigenvalue weighted by atomic mass is 10.0. The summed E-state index contributed by atoms with van der Waals surface area (Å²) in [4.78, 5) is 11.2. The smallest absolute Gasteiger partial charge is 0.322 e. The van der Waals surface area contributed by atoms with Crippen LogP contribution in [0.1, 0.15) is 16.7 Å². The van der Waals surface area contributed by atoms with Gasteiger partial charge in [0.15, 0.2) is 0 Å². The third-order valence-corrected chi connectivity index (χ3v) is 2.51. The maximum Gasteiger partial charge on any atom is 0.322 e. The molecule has 1 rings (SSSR count). The van der Waals surface area contributed by atoms with Crippen LogP contribution in [0, 0.1) is 13.8 Å². The highest BCUT2D eigenvalue weighted by Crippen LogP contribution is 2.23. The zero-order chi connectivity index (χ0) is 12.3. The first-order valence-electron chi connectivity index (χ1n) is 5.08. The van der Waals surface area contributed by atoms with Crippen molar-refractivity contribution in [3.8, 4) is 5.75 Å². The molecule has 4 heteroatoms. The van der Waals surface area contributed by atoms with Gasteiger partial charge in [-0.2, -0.15) is 0 Å². The van der Waals surface area contributed by atoms with Crippen molar-refractivity contribution in [2.24, 2.45) is 5.73 Å². The summed E-state index contributed by atoms with van der Waals surface area (Å²) in [6.45, 7) is 3.63. The van der Waals surface area contributed by atoms with Crippen molar-refractivity contribution < 1.29 is 14.6 Å². The molecular formula is C12H17NO3. The number of aromatic hydroxyl groups is 1. The fourth-order valence-corrected chi connectivity index (χ4v) is 1.65. The molecule has 88 valence electrons. The molecule has 0 amide bonds. The topological polar surface area (TPSA) is 72.5 Å². The zero-order valence-electron chi connectivity index (χ0n) is 9.78. The standard InChI is InChI=1S/C12H17NO3/c1-7-4-9(5-8(2)11(7)14)6-10(13)12(15)16-3/h4-5,10,14H,6,13H2,1-3H3/t10-/m0/s1. The van der Waals surface area contributed by atoms with Gasteiger partial charge < -0.3 is 15.6 Å². The van der Waals surface area contributed by atoms with Crippen LogP contribution < -0.4 is 5.73 Å². The minimum atomic E-state index is -0.659. The summed E-state index contributed by atoms with van der Waals surface area (Å²) < 4.78 is 4.56. The highest BCUT2D eigenvalue weighted by atomic mass is 16.5. The van der Waals surface area contributed by atoms with E-state index in [1.165, 1.54) is 7.11 Å². The summed E-state index contributed by atoms with van der Waals surface area (Å²) in [5, 5.41) is 9.60. The number of phenolic OH excluding ortho intramolecular Hbond substituents is 1. The average molecular weight is 223 g/mol. The van der Waals surface area contributed by atoms with Gasteiger partial charge in [-0.05, 0) is 37.0 Å². The van der Waals surface area contributed by atoms with Crippen LogP contribution in [0.25, 0.3) is 0 Å². The lowest BCUT2D eigenvalue weighted by Crippen LogP contribution is -2.33. The highest BCUT2D eigenvalue weighted by Gasteiger charge is 2.15. The van der Waals surface area contributed by atoms with E-state index in [2.05, 4.69) is 4.74 Å². The van der Waals surface area contributed by atoms with Crippen LogP contribution in [-0.4, -0.2) is 24.2 Å². The Bertz CT molecular complexity index is 378. The van der Waals surface area contributed by atoms with Crippen LogP contribution >= 0.6 is 0 Å². The van der Waals surface area contributed by atoms with Gasteiger partial charge in [-0.25, -0.2) is 0 Å². The monoisotopic (exact) mass is 223 g/mol. The molecule has 1 atom stereocenters. The van der Waals surface area contributed by atoms with Crippen LogP contribution in [0.15, 0.2) is 12.1 Å². The first-order chi connectivity index (χ1) is 7.45. The first-order valence-corrected chi connectivity index (χ1v) is 5.08. The second-order valence-corrected chi connectivity index (χ2v) is 3.91. The molecule has 0 aromatic heterocycles. The van der Waals surface area contributed by atoms with Gasteiger partial charge in [-0.3, -0.25) is 4.79 Å². The van der Waals surface area contributed by atoms with E-state index >= 15 is 0 Å². The minimum absolute atomic E-state index is 0.287. The van der Waals surface area contributed by atoms with Crippen LogP contribution in [0.3, 0.4) is 0 Å². The van der Waals surface area contributed by atoms with Crippen LogP contribution in [-0.2, 0) is 16.0 Å². The normalized spacial score (nSPS) is 12.2. The number of aryl methyl sites for hydroxylation is 2. The van der Waals surface area contributed by atoms with E-state index in [0.29, 0.717) is 6.42 Å². The molecule has 0 heterocycles. The van der Waals surface area contributed by atoms with Gasteiger partial charge in [-0.15, -0.1) is 0 Å². The molecule has 0 spiro atoms. The van der Waals surface area contributed by atoms with Gasteiger partial charge in [0, 0.05) is 0 Å². The van der Waals surface area contributed by atoms with Crippen molar-refractivity contribution in [1.82, 2.24) is 0 Å². The van der Waals surface area contributed by atoms with Gasteiger partial charge in [0.2, 0.25) is 0 Å². The number of phenols is 1. The van der Waals surface area contributed by atoms with Gasteiger partial charge in [-0.1, -0.05) is 12.1 Å². The molecule has 0 saturated carbocycles. The Hall–Kier alpha value is -1.55. The fourth-order valence-electron chi connectivity index (χ4n) is 1.65. The summed E-state index contributed by atoms with van der Waals surface area (Å²) in [6.07, 6.45) is 0.411. The molecule has 0 bridgehead atoms. The molecular weight excluding hydrogens is 206 g/mol. The third-order valence-electron chi connectivity index (χ3n) is 2.51. The number of ether oxygens (including phenoxy) is 1. The maximum atomic E-state index is 11.2. The van der Waals surface area contributed by atoms with Gasteiger partial charge in [0.1, 0.15) is 11.8 Å². The number of carbonyl (C=O) groups is 1. The van der Waals surface area contributed by atoms with Crippen molar-refractivity contribution in [2.75, 3.05) is 7.11 Å². The van der Waals surface area contributed by atoms with Crippen molar-refractivity contribution in [3.05, 3.63) is 28.8 Å². The number of hydrogen-bond acceptors (Lipinski definition) is 4. The highest BCUT2D eigenvalue weighted by molar-refractivity contribution is 5.75. The van der Waals surface area contributed by atoms with E-state index in [-0.39, 0.29) is 5.75 Å². The predicted molar refractivity (Wildman–Crippen MR) is 61.3 cm³/mol. The number of nitrogens with two attached hydrogens (primary N) is 1. The predicted octanol–water partition coefficient (Wildman–Crippen LogP) is 1.05. The van der Waals surface area contributed by atoms with Crippen molar-refractivity contribution in [3.63, 3.8) is 0 Å². The average Bonchev–Trinajstić information content (AvgIpc) is 2.24. The van der Waals surface area contributed by atoms with Crippen molar-refractivity contribution in [2.45, 2.75) is 26.3 Å². The molecule has 4 nitrogen and oxygen atoms in total. The first kappa shape index (κ1) is 12.5. The Labute approximate surface area is 95.0 Å². The Kier molecular flexibility index (Phi) is 3.90. The van der Waals surface area contributed by atoms with E-state index in [1.54, 1.807) is 0 Å². The molecule has 1 aromatic rings. The van der Waals surface area contributed by atoms with Gasteiger partial charge in [0.25, 0.3) is 0 Å². The number of hydrogen-bond donors (Lipinski definition) is 2. The van der Waals surface area contributed by atoms with E-state index in [9.17, 15) is 9.90 Å². The molecule has 0 saturated heterocycles. The molecule has 0 aliphatic carbocycles. The molecule has 0 fully saturated rings. The minimum Gasteiger partial charge on any atom is -0.507 e. The number of methoxy groups -OCH3 is 1.